The first-order valence-corrected chi connectivity index (χ1v) is 8.66. The molecule has 0 bridgehead atoms. The van der Waals surface area contributed by atoms with Crippen molar-refractivity contribution in [3.8, 4) is 22.3 Å². The third-order valence-electron chi connectivity index (χ3n) is 4.77. The zero-order chi connectivity index (χ0) is 17.5. The summed E-state index contributed by atoms with van der Waals surface area (Å²) in [6.07, 6.45) is 0. The highest BCUT2D eigenvalue weighted by atomic mass is 16.3. The predicted molar refractivity (Wildman–Crippen MR) is 110 cm³/mol. The van der Waals surface area contributed by atoms with Crippen LogP contribution in [0.3, 0.4) is 0 Å². The van der Waals surface area contributed by atoms with Crippen LogP contribution in [0, 0.1) is 0 Å². The molecule has 0 spiro atoms. The monoisotopic (exact) mass is 330 g/mol. The average molecular weight is 330 g/mol. The van der Waals surface area contributed by atoms with Gasteiger partial charge in [0.15, 0.2) is 0 Å². The standard InChI is InChI=1S/C24H15BO/c25-20-13-18(16-6-2-1-3-7-16)12-19(14-20)17-10-11-24-22(15-17)21-8-4-5-9-23(21)26-24/h1-15H. The van der Waals surface area contributed by atoms with Crippen LogP contribution in [0.15, 0.2) is 95.4 Å². The second-order valence-electron chi connectivity index (χ2n) is 6.52. The van der Waals surface area contributed by atoms with Gasteiger partial charge in [0.25, 0.3) is 0 Å². The van der Waals surface area contributed by atoms with E-state index in [-0.39, 0.29) is 0 Å². The lowest BCUT2D eigenvalue weighted by Gasteiger charge is -2.09. The smallest absolute Gasteiger partial charge is 0.135 e. The third kappa shape index (κ3) is 2.51. The summed E-state index contributed by atoms with van der Waals surface area (Å²) < 4.78 is 5.94. The molecule has 0 fully saturated rings. The topological polar surface area (TPSA) is 13.1 Å². The molecule has 5 aromatic rings. The molecule has 1 aromatic heterocycles. The fourth-order valence-electron chi connectivity index (χ4n) is 3.52. The Labute approximate surface area is 153 Å². The van der Waals surface area contributed by atoms with Crippen LogP contribution in [-0.4, -0.2) is 7.85 Å². The van der Waals surface area contributed by atoms with E-state index in [1.165, 1.54) is 0 Å². The minimum Gasteiger partial charge on any atom is -0.456 e. The maximum absolute atomic E-state index is 6.20. The number of fused-ring (bicyclic) bond motifs is 3. The predicted octanol–water partition coefficient (Wildman–Crippen LogP) is 5.71. The van der Waals surface area contributed by atoms with Gasteiger partial charge in [-0.2, -0.15) is 0 Å². The summed E-state index contributed by atoms with van der Waals surface area (Å²) in [5.74, 6) is 0. The number of hydrogen-bond acceptors (Lipinski definition) is 1. The maximum Gasteiger partial charge on any atom is 0.135 e. The van der Waals surface area contributed by atoms with Crippen molar-refractivity contribution in [2.45, 2.75) is 0 Å². The van der Waals surface area contributed by atoms with Crippen LogP contribution in [0.1, 0.15) is 0 Å². The lowest BCUT2D eigenvalue weighted by atomic mass is 9.88. The Morgan fingerprint density at radius 1 is 0.500 bits per heavy atom. The molecule has 120 valence electrons. The Balaban J connectivity index is 1.70. The molecule has 0 unspecified atom stereocenters. The molecule has 4 aromatic carbocycles. The van der Waals surface area contributed by atoms with E-state index < -0.39 is 0 Å². The highest BCUT2D eigenvalue weighted by molar-refractivity contribution is 6.33. The van der Waals surface area contributed by atoms with E-state index in [1.54, 1.807) is 0 Å². The van der Waals surface area contributed by atoms with Gasteiger partial charge >= 0.3 is 0 Å². The number of para-hydroxylation sites is 1. The molecule has 0 aliphatic heterocycles. The van der Waals surface area contributed by atoms with Gasteiger partial charge in [0, 0.05) is 10.8 Å². The maximum atomic E-state index is 6.20. The second-order valence-corrected chi connectivity index (χ2v) is 6.52. The molecule has 2 radical (unpaired) electrons. The lowest BCUT2D eigenvalue weighted by Crippen LogP contribution is -2.02. The second kappa shape index (κ2) is 5.92. The van der Waals surface area contributed by atoms with Crippen LogP contribution in [0.25, 0.3) is 44.2 Å². The molecular weight excluding hydrogens is 315 g/mol. The van der Waals surface area contributed by atoms with Crippen LogP contribution in [0.5, 0.6) is 0 Å². The van der Waals surface area contributed by atoms with Crippen molar-refractivity contribution in [1.29, 1.82) is 0 Å². The van der Waals surface area contributed by atoms with E-state index in [2.05, 4.69) is 36.4 Å². The van der Waals surface area contributed by atoms with Gasteiger partial charge in [-0.05, 0) is 46.5 Å². The van der Waals surface area contributed by atoms with Crippen molar-refractivity contribution < 1.29 is 4.42 Å². The fraction of sp³-hybridized carbons (Fsp3) is 0. The van der Waals surface area contributed by atoms with Gasteiger partial charge < -0.3 is 4.42 Å². The molecule has 2 heteroatoms. The first-order valence-electron chi connectivity index (χ1n) is 8.66. The van der Waals surface area contributed by atoms with Crippen molar-refractivity contribution >= 4 is 35.2 Å². The zero-order valence-electron chi connectivity index (χ0n) is 14.1. The highest BCUT2D eigenvalue weighted by Gasteiger charge is 2.09. The van der Waals surface area contributed by atoms with Crippen LogP contribution >= 0.6 is 0 Å². The van der Waals surface area contributed by atoms with Crippen molar-refractivity contribution in [2.75, 3.05) is 0 Å². The molecule has 1 heterocycles. The van der Waals surface area contributed by atoms with Crippen molar-refractivity contribution in [3.63, 3.8) is 0 Å². The highest BCUT2D eigenvalue weighted by Crippen LogP contribution is 2.33. The number of rotatable bonds is 2. The van der Waals surface area contributed by atoms with Gasteiger partial charge in [-0.25, -0.2) is 0 Å². The Hall–Kier alpha value is -3.26. The Kier molecular flexibility index (Phi) is 3.43. The molecule has 26 heavy (non-hydrogen) atoms. The number of hydrogen-bond donors (Lipinski definition) is 0. The lowest BCUT2D eigenvalue weighted by molar-refractivity contribution is 0.669. The van der Waals surface area contributed by atoms with Gasteiger partial charge in [-0.15, -0.1) is 0 Å². The molecule has 0 atom stereocenters. The molecule has 0 N–H and O–H groups in total. The van der Waals surface area contributed by atoms with Crippen LogP contribution in [0.4, 0.5) is 0 Å². The molecule has 0 saturated carbocycles. The Morgan fingerprint density at radius 3 is 2.04 bits per heavy atom. The number of furan rings is 1. The zero-order valence-corrected chi connectivity index (χ0v) is 14.1. The van der Waals surface area contributed by atoms with Crippen molar-refractivity contribution in [2.24, 2.45) is 0 Å². The van der Waals surface area contributed by atoms with Gasteiger partial charge in [-0.3, -0.25) is 0 Å². The van der Waals surface area contributed by atoms with Crippen LogP contribution in [-0.2, 0) is 0 Å². The van der Waals surface area contributed by atoms with Gasteiger partial charge in [0.1, 0.15) is 19.0 Å². The molecule has 5 rings (SSSR count). The summed E-state index contributed by atoms with van der Waals surface area (Å²) in [4.78, 5) is 0. The van der Waals surface area contributed by atoms with E-state index in [9.17, 15) is 0 Å². The SMILES string of the molecule is [B]c1cc(-c2ccccc2)cc(-c2ccc3oc4ccccc4c3c2)c1. The minimum absolute atomic E-state index is 0.763. The van der Waals surface area contributed by atoms with Gasteiger partial charge in [-0.1, -0.05) is 72.2 Å². The summed E-state index contributed by atoms with van der Waals surface area (Å²) >= 11 is 0. The van der Waals surface area contributed by atoms with Crippen LogP contribution in [0.2, 0.25) is 0 Å². The summed E-state index contributed by atoms with van der Waals surface area (Å²) in [7, 11) is 6.20. The average Bonchev–Trinajstić information content (AvgIpc) is 3.06. The largest absolute Gasteiger partial charge is 0.456 e. The van der Waals surface area contributed by atoms with Gasteiger partial charge in [0.05, 0.1) is 0 Å². The number of benzene rings is 4. The Morgan fingerprint density at radius 2 is 1.19 bits per heavy atom. The molecule has 0 aliphatic carbocycles. The first-order chi connectivity index (χ1) is 12.8. The summed E-state index contributed by atoms with van der Waals surface area (Å²) in [6, 6.07) is 31.0. The van der Waals surface area contributed by atoms with Crippen molar-refractivity contribution in [3.05, 3.63) is 91.0 Å². The van der Waals surface area contributed by atoms with E-state index in [1.807, 2.05) is 54.6 Å². The molecular formula is C24H15BO. The Bertz CT molecular complexity index is 1240. The summed E-state index contributed by atoms with van der Waals surface area (Å²) in [6.45, 7) is 0. The summed E-state index contributed by atoms with van der Waals surface area (Å²) in [5.41, 5.74) is 7.11. The quantitative estimate of drug-likeness (QED) is 0.378. The van der Waals surface area contributed by atoms with Gasteiger partial charge in [0.2, 0.25) is 0 Å². The fourth-order valence-corrected chi connectivity index (χ4v) is 3.52. The summed E-state index contributed by atoms with van der Waals surface area (Å²) in [5, 5.41) is 2.26. The molecule has 0 aliphatic rings. The normalized spacial score (nSPS) is 11.2. The molecule has 1 nitrogen and oxygen atoms in total. The van der Waals surface area contributed by atoms with E-state index in [0.29, 0.717) is 0 Å². The van der Waals surface area contributed by atoms with E-state index >= 15 is 0 Å². The first kappa shape index (κ1) is 15.0. The van der Waals surface area contributed by atoms with Crippen molar-refractivity contribution in [1.82, 2.24) is 0 Å². The minimum atomic E-state index is 0.763. The van der Waals surface area contributed by atoms with E-state index in [0.717, 1.165) is 49.7 Å². The third-order valence-corrected chi connectivity index (χ3v) is 4.77. The molecule has 0 amide bonds. The molecule has 0 saturated heterocycles. The van der Waals surface area contributed by atoms with E-state index in [4.69, 9.17) is 12.3 Å². The van der Waals surface area contributed by atoms with Crippen LogP contribution < -0.4 is 5.46 Å².